The van der Waals surface area contributed by atoms with Crippen LogP contribution >= 0.6 is 0 Å². The molecule has 1 N–H and O–H groups in total. The summed E-state index contributed by atoms with van der Waals surface area (Å²) >= 11 is 0. The van der Waals surface area contributed by atoms with Crippen molar-refractivity contribution in [2.45, 2.75) is 32.1 Å². The Kier molecular flexibility index (Phi) is 6.38. The molecule has 0 saturated carbocycles. The summed E-state index contributed by atoms with van der Waals surface area (Å²) < 4.78 is 0. The second-order valence-corrected chi connectivity index (χ2v) is 7.11. The van der Waals surface area contributed by atoms with E-state index in [0.717, 1.165) is 42.8 Å². The first-order valence-corrected chi connectivity index (χ1v) is 8.85. The molecule has 1 aromatic rings. The normalized spacial score (nSPS) is 16.6. The fourth-order valence-electron chi connectivity index (χ4n) is 3.10. The molecule has 130 valence electrons. The molecule has 0 aromatic heterocycles. The molecule has 24 heavy (non-hydrogen) atoms. The van der Waals surface area contributed by atoms with E-state index in [1.807, 2.05) is 0 Å². The van der Waals surface area contributed by atoms with Gasteiger partial charge < -0.3 is 15.2 Å². The summed E-state index contributed by atoms with van der Waals surface area (Å²) in [5.41, 5.74) is 5.64. The summed E-state index contributed by atoms with van der Waals surface area (Å²) in [6, 6.07) is 6.55. The molecule has 0 spiro atoms. The topological polar surface area (TPSA) is 30.3 Å². The van der Waals surface area contributed by atoms with Crippen LogP contribution in [-0.4, -0.2) is 45.3 Å². The van der Waals surface area contributed by atoms with Crippen LogP contribution in [0.2, 0.25) is 0 Å². The molecule has 0 bridgehead atoms. The third-order valence-electron chi connectivity index (χ3n) is 4.43. The number of unbranched alkanes of at least 4 members (excludes halogenated alkanes) is 1. The zero-order valence-corrected chi connectivity index (χ0v) is 15.8. The van der Waals surface area contributed by atoms with E-state index in [9.17, 15) is 0 Å². The van der Waals surface area contributed by atoms with E-state index in [-0.39, 0.29) is 5.92 Å². The molecule has 1 atom stereocenters. The van der Waals surface area contributed by atoms with Crippen molar-refractivity contribution >= 4 is 11.4 Å². The fraction of sp³-hybridized carbons (Fsp3) is 0.476. The van der Waals surface area contributed by atoms with E-state index < -0.39 is 0 Å². The lowest BCUT2D eigenvalue weighted by molar-refractivity contribution is 0.449. The van der Waals surface area contributed by atoms with Gasteiger partial charge >= 0.3 is 0 Å². The van der Waals surface area contributed by atoms with Crippen molar-refractivity contribution in [1.82, 2.24) is 4.90 Å². The Balaban J connectivity index is 2.34. The van der Waals surface area contributed by atoms with E-state index in [1.54, 1.807) is 0 Å². The smallest absolute Gasteiger partial charge is 0.0390 e. The Bertz CT molecular complexity index is 638. The van der Waals surface area contributed by atoms with Crippen molar-refractivity contribution < 1.29 is 0 Å². The zero-order valence-electron chi connectivity index (χ0n) is 15.8. The molecule has 1 unspecified atom stereocenters. The Morgan fingerprint density at radius 1 is 1.17 bits per heavy atom. The van der Waals surface area contributed by atoms with Crippen LogP contribution in [0.5, 0.6) is 0 Å². The maximum absolute atomic E-state index is 8.57. The Morgan fingerprint density at radius 3 is 2.54 bits per heavy atom. The van der Waals surface area contributed by atoms with Crippen LogP contribution in [0.1, 0.15) is 43.2 Å². The minimum atomic E-state index is 0.285. The highest BCUT2D eigenvalue weighted by atomic mass is 15.1. The number of nitrogens with zero attached hydrogens (tertiary/aromatic N) is 2. The van der Waals surface area contributed by atoms with Crippen molar-refractivity contribution in [2.75, 3.05) is 39.6 Å². The lowest BCUT2D eigenvalue weighted by atomic mass is 9.90. The highest BCUT2D eigenvalue weighted by Gasteiger charge is 2.18. The molecule has 3 heteroatoms. The van der Waals surface area contributed by atoms with Crippen molar-refractivity contribution in [3.8, 4) is 0 Å². The monoisotopic (exact) mass is 325 g/mol. The van der Waals surface area contributed by atoms with Gasteiger partial charge in [0.25, 0.3) is 0 Å². The number of hydrogen-bond donors (Lipinski definition) is 1. The summed E-state index contributed by atoms with van der Waals surface area (Å²) in [5, 5.41) is 8.57. The lowest BCUT2D eigenvalue weighted by Gasteiger charge is -2.19. The van der Waals surface area contributed by atoms with Gasteiger partial charge in [-0.2, -0.15) is 0 Å². The van der Waals surface area contributed by atoms with Crippen LogP contribution in [0, 0.1) is 5.41 Å². The zero-order chi connectivity index (χ0) is 17.7. The molecule has 3 nitrogen and oxygen atoms in total. The minimum Gasteiger partial charge on any atom is -0.378 e. The van der Waals surface area contributed by atoms with Gasteiger partial charge in [-0.05, 0) is 50.2 Å². The molecular weight excluding hydrogens is 294 g/mol. The molecule has 1 aromatic carbocycles. The molecule has 1 aliphatic carbocycles. The quantitative estimate of drug-likeness (QED) is 0.716. The standard InChI is InChI=1S/C21H31N3/c1-6-7-8-21(22)20-14-18(24(4)5)11-12-19(20)17-10-9-16(13-17)15-23(2)3/h9-14,17,22H,6-8,15H2,1-5H3. The van der Waals surface area contributed by atoms with Crippen molar-refractivity contribution in [2.24, 2.45) is 0 Å². The van der Waals surface area contributed by atoms with Crippen LogP contribution in [0.15, 0.2) is 42.0 Å². The van der Waals surface area contributed by atoms with Crippen LogP contribution in [0.3, 0.4) is 0 Å². The Hall–Kier alpha value is -1.87. The second-order valence-electron chi connectivity index (χ2n) is 7.11. The van der Waals surface area contributed by atoms with Gasteiger partial charge in [-0.3, -0.25) is 0 Å². The van der Waals surface area contributed by atoms with Crippen LogP contribution < -0.4 is 4.90 Å². The number of likely N-dealkylation sites (N-methyl/N-ethyl adjacent to an activating group) is 1. The molecule has 0 saturated heterocycles. The Morgan fingerprint density at radius 2 is 1.92 bits per heavy atom. The van der Waals surface area contributed by atoms with Gasteiger partial charge in [0.1, 0.15) is 0 Å². The number of rotatable bonds is 8. The van der Waals surface area contributed by atoms with E-state index in [4.69, 9.17) is 5.41 Å². The van der Waals surface area contributed by atoms with Crippen LogP contribution in [0.25, 0.3) is 0 Å². The SMILES string of the molecule is CCCCC(=N)c1cc(N(C)C)ccc1C1C=CC(CN(C)C)=C1. The number of anilines is 1. The highest BCUT2D eigenvalue weighted by molar-refractivity contribution is 6.00. The molecular formula is C21H31N3. The van der Waals surface area contributed by atoms with Gasteiger partial charge in [-0.15, -0.1) is 0 Å². The van der Waals surface area contributed by atoms with E-state index in [1.165, 1.54) is 11.1 Å². The number of nitrogens with one attached hydrogen (secondary N) is 1. The van der Waals surface area contributed by atoms with E-state index >= 15 is 0 Å². The number of benzene rings is 1. The lowest BCUT2D eigenvalue weighted by Crippen LogP contribution is -2.14. The third kappa shape index (κ3) is 4.57. The summed E-state index contributed by atoms with van der Waals surface area (Å²) in [6.45, 7) is 3.14. The second kappa shape index (κ2) is 8.29. The van der Waals surface area contributed by atoms with E-state index in [2.05, 4.69) is 81.3 Å². The fourth-order valence-corrected chi connectivity index (χ4v) is 3.10. The summed E-state index contributed by atoms with van der Waals surface area (Å²) in [7, 11) is 8.30. The summed E-state index contributed by atoms with van der Waals surface area (Å²) in [6.07, 6.45) is 9.88. The van der Waals surface area contributed by atoms with Crippen molar-refractivity contribution in [1.29, 1.82) is 5.41 Å². The highest BCUT2D eigenvalue weighted by Crippen LogP contribution is 2.32. The maximum atomic E-state index is 8.57. The first-order valence-electron chi connectivity index (χ1n) is 8.85. The van der Waals surface area contributed by atoms with Crippen molar-refractivity contribution in [3.05, 3.63) is 53.1 Å². The number of hydrogen-bond acceptors (Lipinski definition) is 3. The van der Waals surface area contributed by atoms with Gasteiger partial charge in [0.15, 0.2) is 0 Å². The Labute approximate surface area is 147 Å². The van der Waals surface area contributed by atoms with Crippen LogP contribution in [0.4, 0.5) is 5.69 Å². The molecule has 1 aliphatic rings. The molecule has 0 amide bonds. The van der Waals surface area contributed by atoms with E-state index in [0.29, 0.717) is 0 Å². The van der Waals surface area contributed by atoms with Gasteiger partial charge in [-0.25, -0.2) is 0 Å². The first kappa shape index (κ1) is 18.5. The predicted molar refractivity (Wildman–Crippen MR) is 106 cm³/mol. The molecule has 0 heterocycles. The third-order valence-corrected chi connectivity index (χ3v) is 4.43. The molecule has 2 rings (SSSR count). The molecule has 0 fully saturated rings. The van der Waals surface area contributed by atoms with Gasteiger partial charge in [0.05, 0.1) is 0 Å². The summed E-state index contributed by atoms with van der Waals surface area (Å²) in [5.74, 6) is 0.285. The van der Waals surface area contributed by atoms with Crippen LogP contribution in [-0.2, 0) is 0 Å². The largest absolute Gasteiger partial charge is 0.378 e. The molecule has 0 aliphatic heterocycles. The average molecular weight is 326 g/mol. The van der Waals surface area contributed by atoms with Gasteiger partial charge in [0.2, 0.25) is 0 Å². The minimum absolute atomic E-state index is 0.285. The molecule has 0 radical (unpaired) electrons. The summed E-state index contributed by atoms with van der Waals surface area (Å²) in [4.78, 5) is 4.30. The number of allylic oxidation sites excluding steroid dienone is 2. The maximum Gasteiger partial charge on any atom is 0.0390 e. The van der Waals surface area contributed by atoms with Crippen molar-refractivity contribution in [3.63, 3.8) is 0 Å². The van der Waals surface area contributed by atoms with Gasteiger partial charge in [-0.1, -0.05) is 37.6 Å². The predicted octanol–water partition coefficient (Wildman–Crippen LogP) is 4.45. The first-order chi connectivity index (χ1) is 11.4. The van der Waals surface area contributed by atoms with Gasteiger partial charge in [0, 0.05) is 43.5 Å². The average Bonchev–Trinajstić information content (AvgIpc) is 2.99.